The van der Waals surface area contributed by atoms with Crippen LogP contribution in [0.1, 0.15) is 35.4 Å². The fourth-order valence-corrected chi connectivity index (χ4v) is 1.92. The highest BCUT2D eigenvalue weighted by molar-refractivity contribution is 5.94. The van der Waals surface area contributed by atoms with Gasteiger partial charge in [0.15, 0.2) is 5.82 Å². The zero-order chi connectivity index (χ0) is 16.7. The summed E-state index contributed by atoms with van der Waals surface area (Å²) >= 11 is 0. The third-order valence-corrected chi connectivity index (χ3v) is 3.03. The van der Waals surface area contributed by atoms with Crippen molar-refractivity contribution in [1.82, 2.24) is 15.5 Å². The van der Waals surface area contributed by atoms with Gasteiger partial charge in [-0.1, -0.05) is 11.2 Å². The molecule has 0 spiro atoms. The van der Waals surface area contributed by atoms with E-state index in [1.807, 2.05) is 0 Å². The Morgan fingerprint density at radius 1 is 1.48 bits per heavy atom. The number of benzene rings is 1. The summed E-state index contributed by atoms with van der Waals surface area (Å²) in [5.74, 6) is 1.60. The van der Waals surface area contributed by atoms with E-state index in [9.17, 15) is 9.90 Å². The summed E-state index contributed by atoms with van der Waals surface area (Å²) in [4.78, 5) is 16.0. The van der Waals surface area contributed by atoms with Gasteiger partial charge in [-0.05, 0) is 38.5 Å². The number of aliphatic hydroxyl groups excluding tert-OH is 1. The molecule has 0 fully saturated rings. The zero-order valence-corrected chi connectivity index (χ0v) is 13.3. The quantitative estimate of drug-likeness (QED) is 0.716. The number of rotatable bonds is 8. The second kappa shape index (κ2) is 8.28. The molecule has 0 saturated carbocycles. The van der Waals surface area contributed by atoms with Crippen LogP contribution in [-0.2, 0) is 6.42 Å². The molecule has 1 atom stereocenters. The molecule has 2 aromatic rings. The molecule has 0 bridgehead atoms. The Labute approximate surface area is 134 Å². The lowest BCUT2D eigenvalue weighted by atomic mass is 10.2. The fourth-order valence-electron chi connectivity index (χ4n) is 1.92. The van der Waals surface area contributed by atoms with E-state index in [0.717, 1.165) is 6.42 Å². The van der Waals surface area contributed by atoms with Gasteiger partial charge in [0.2, 0.25) is 5.89 Å². The van der Waals surface area contributed by atoms with Crippen LogP contribution in [0.4, 0.5) is 0 Å². The van der Waals surface area contributed by atoms with E-state index in [1.54, 1.807) is 38.1 Å². The summed E-state index contributed by atoms with van der Waals surface area (Å²) in [7, 11) is 0. The van der Waals surface area contributed by atoms with Gasteiger partial charge in [-0.3, -0.25) is 4.79 Å². The van der Waals surface area contributed by atoms with Gasteiger partial charge in [0.25, 0.3) is 5.91 Å². The summed E-state index contributed by atoms with van der Waals surface area (Å²) in [6.45, 7) is 4.09. The van der Waals surface area contributed by atoms with Crippen molar-refractivity contribution in [3.8, 4) is 5.75 Å². The molecule has 0 unspecified atom stereocenters. The number of nitrogens with zero attached hydrogens (tertiary/aromatic N) is 2. The zero-order valence-electron chi connectivity index (χ0n) is 13.3. The predicted molar refractivity (Wildman–Crippen MR) is 83.3 cm³/mol. The number of hydrogen-bond donors (Lipinski definition) is 2. The molecule has 1 aromatic heterocycles. The number of carbonyl (C=O) groups excluding carboxylic acids is 1. The number of aliphatic hydroxyl groups is 1. The Hall–Kier alpha value is -2.41. The second-order valence-electron chi connectivity index (χ2n) is 5.27. The number of amides is 1. The van der Waals surface area contributed by atoms with Crippen LogP contribution < -0.4 is 10.1 Å². The monoisotopic (exact) mass is 319 g/mol. The van der Waals surface area contributed by atoms with Crippen LogP contribution >= 0.6 is 0 Å². The van der Waals surface area contributed by atoms with Gasteiger partial charge in [-0.2, -0.15) is 4.98 Å². The maximum atomic E-state index is 11.9. The summed E-state index contributed by atoms with van der Waals surface area (Å²) in [5.41, 5.74) is 0.496. The van der Waals surface area contributed by atoms with E-state index in [2.05, 4.69) is 15.5 Å². The topological polar surface area (TPSA) is 97.5 Å². The molecule has 0 aliphatic carbocycles. The highest BCUT2D eigenvalue weighted by Gasteiger charge is 2.08. The van der Waals surface area contributed by atoms with E-state index < -0.39 is 6.10 Å². The first-order valence-electron chi connectivity index (χ1n) is 7.53. The Kier molecular flexibility index (Phi) is 6.10. The van der Waals surface area contributed by atoms with Gasteiger partial charge in [-0.25, -0.2) is 0 Å². The Balaban J connectivity index is 1.79. The third-order valence-electron chi connectivity index (χ3n) is 3.03. The van der Waals surface area contributed by atoms with Crippen molar-refractivity contribution in [2.45, 2.75) is 32.8 Å². The smallest absolute Gasteiger partial charge is 0.251 e. The van der Waals surface area contributed by atoms with Crippen molar-refractivity contribution in [3.63, 3.8) is 0 Å². The standard InChI is InChI=1S/C16H21N3O4/c1-11(20)10-17-16(21)13-5-3-6-14(9-13)22-8-4-7-15-18-12(2)19-23-15/h3,5-6,9,11,20H,4,7-8,10H2,1-2H3,(H,17,21)/t11-/m0/s1. The van der Waals surface area contributed by atoms with Crippen molar-refractivity contribution in [2.24, 2.45) is 0 Å². The van der Waals surface area contributed by atoms with Crippen molar-refractivity contribution >= 4 is 5.91 Å². The van der Waals surface area contributed by atoms with Gasteiger partial charge >= 0.3 is 0 Å². The molecular formula is C16H21N3O4. The molecule has 0 aliphatic rings. The number of ether oxygens (including phenoxy) is 1. The number of aryl methyl sites for hydroxylation is 2. The third kappa shape index (κ3) is 5.71. The average molecular weight is 319 g/mol. The average Bonchev–Trinajstić information content (AvgIpc) is 2.95. The summed E-state index contributed by atoms with van der Waals surface area (Å²) < 4.78 is 10.7. The van der Waals surface area contributed by atoms with Crippen LogP contribution in [0.5, 0.6) is 5.75 Å². The molecule has 0 radical (unpaired) electrons. The molecule has 7 nitrogen and oxygen atoms in total. The van der Waals surface area contributed by atoms with E-state index >= 15 is 0 Å². The van der Waals surface area contributed by atoms with Crippen molar-refractivity contribution in [2.75, 3.05) is 13.2 Å². The van der Waals surface area contributed by atoms with Crippen molar-refractivity contribution < 1.29 is 19.2 Å². The number of carbonyl (C=O) groups is 1. The number of aromatic nitrogens is 2. The van der Waals surface area contributed by atoms with Crippen LogP contribution in [0, 0.1) is 6.92 Å². The van der Waals surface area contributed by atoms with Gasteiger partial charge < -0.3 is 19.7 Å². The lowest BCUT2D eigenvalue weighted by molar-refractivity contribution is 0.0923. The normalized spacial score (nSPS) is 12.0. The number of nitrogens with one attached hydrogen (secondary N) is 1. The molecule has 0 aliphatic heterocycles. The molecule has 1 aromatic carbocycles. The minimum atomic E-state index is -0.577. The molecular weight excluding hydrogens is 298 g/mol. The Bertz CT molecular complexity index is 640. The lowest BCUT2D eigenvalue weighted by Crippen LogP contribution is -2.30. The molecule has 0 saturated heterocycles. The molecule has 23 heavy (non-hydrogen) atoms. The maximum absolute atomic E-state index is 11.9. The molecule has 7 heteroatoms. The van der Waals surface area contributed by atoms with E-state index in [0.29, 0.717) is 36.1 Å². The van der Waals surface area contributed by atoms with Crippen LogP contribution in [0.2, 0.25) is 0 Å². The van der Waals surface area contributed by atoms with Crippen LogP contribution in [0.3, 0.4) is 0 Å². The van der Waals surface area contributed by atoms with E-state index in [-0.39, 0.29) is 12.5 Å². The first-order valence-corrected chi connectivity index (χ1v) is 7.53. The van der Waals surface area contributed by atoms with Crippen molar-refractivity contribution in [1.29, 1.82) is 0 Å². The van der Waals surface area contributed by atoms with Gasteiger partial charge in [0, 0.05) is 18.5 Å². The molecule has 124 valence electrons. The minimum absolute atomic E-state index is 0.216. The lowest BCUT2D eigenvalue weighted by Gasteiger charge is -2.09. The fraction of sp³-hybridized carbons (Fsp3) is 0.438. The highest BCUT2D eigenvalue weighted by Crippen LogP contribution is 2.14. The van der Waals surface area contributed by atoms with Gasteiger partial charge in [0.05, 0.1) is 12.7 Å². The molecule has 2 N–H and O–H groups in total. The molecule has 1 heterocycles. The molecule has 2 rings (SSSR count). The van der Waals surface area contributed by atoms with E-state index in [1.165, 1.54) is 0 Å². The summed E-state index contributed by atoms with van der Waals surface area (Å²) in [6, 6.07) is 6.93. The van der Waals surface area contributed by atoms with Crippen LogP contribution in [0.15, 0.2) is 28.8 Å². The van der Waals surface area contributed by atoms with Crippen LogP contribution in [0.25, 0.3) is 0 Å². The van der Waals surface area contributed by atoms with Crippen molar-refractivity contribution in [3.05, 3.63) is 41.5 Å². The first-order chi connectivity index (χ1) is 11.0. The van der Waals surface area contributed by atoms with E-state index in [4.69, 9.17) is 9.26 Å². The summed E-state index contributed by atoms with van der Waals surface area (Å²) in [6.07, 6.45) is 0.807. The predicted octanol–water partition coefficient (Wildman–Crippen LogP) is 1.50. The van der Waals surface area contributed by atoms with Gasteiger partial charge in [0.1, 0.15) is 5.75 Å². The first kappa shape index (κ1) is 17.0. The largest absolute Gasteiger partial charge is 0.494 e. The Morgan fingerprint density at radius 2 is 2.30 bits per heavy atom. The Morgan fingerprint density at radius 3 is 3.00 bits per heavy atom. The minimum Gasteiger partial charge on any atom is -0.494 e. The molecule has 1 amide bonds. The van der Waals surface area contributed by atoms with Crippen LogP contribution in [-0.4, -0.2) is 40.4 Å². The number of hydrogen-bond acceptors (Lipinski definition) is 6. The maximum Gasteiger partial charge on any atom is 0.251 e. The second-order valence-corrected chi connectivity index (χ2v) is 5.27. The van der Waals surface area contributed by atoms with Gasteiger partial charge in [-0.15, -0.1) is 0 Å². The SMILES string of the molecule is Cc1noc(CCCOc2cccc(C(=O)NC[C@H](C)O)c2)n1. The highest BCUT2D eigenvalue weighted by atomic mass is 16.5. The summed E-state index contributed by atoms with van der Waals surface area (Å²) in [5, 5.41) is 15.6.